The summed E-state index contributed by atoms with van der Waals surface area (Å²) in [7, 11) is 0. The smallest absolute Gasteiger partial charge is 0.399 e. The first-order valence-electron chi connectivity index (χ1n) is 3.67. The molecule has 0 unspecified atom stereocenters. The van der Waals surface area contributed by atoms with Gasteiger partial charge < -0.3 is 9.15 Å². The molecule has 4 heteroatoms. The fourth-order valence-electron chi connectivity index (χ4n) is 0.892. The van der Waals surface area contributed by atoms with Gasteiger partial charge in [-0.2, -0.15) is 4.98 Å². The van der Waals surface area contributed by atoms with Crippen molar-refractivity contribution in [3.05, 3.63) is 41.7 Å². The summed E-state index contributed by atoms with van der Waals surface area (Å²) in [5, 5.41) is 0.615. The van der Waals surface area contributed by atoms with Crippen LogP contribution in [0.5, 0.6) is 11.8 Å². The predicted octanol–water partition coefficient (Wildman–Crippen LogP) is 3.12. The van der Waals surface area contributed by atoms with Gasteiger partial charge in [0.1, 0.15) is 12.0 Å². The van der Waals surface area contributed by atoms with Crippen LogP contribution in [0.15, 0.2) is 41.1 Å². The molecule has 0 amide bonds. The molecule has 0 spiro atoms. The van der Waals surface area contributed by atoms with Crippen LogP contribution in [0, 0.1) is 0 Å². The van der Waals surface area contributed by atoms with E-state index >= 15 is 0 Å². The van der Waals surface area contributed by atoms with Crippen molar-refractivity contribution in [2.75, 3.05) is 0 Å². The average molecular weight is 196 g/mol. The van der Waals surface area contributed by atoms with Crippen LogP contribution < -0.4 is 4.74 Å². The molecule has 0 aliphatic rings. The second-order valence-electron chi connectivity index (χ2n) is 2.36. The summed E-state index contributed by atoms with van der Waals surface area (Å²) in [6, 6.07) is 7.02. The SMILES string of the molecule is Clc1cccc(Oc2ncco2)c1. The van der Waals surface area contributed by atoms with Gasteiger partial charge in [0.2, 0.25) is 0 Å². The Morgan fingerprint density at radius 1 is 1.38 bits per heavy atom. The lowest BCUT2D eigenvalue weighted by Crippen LogP contribution is -1.82. The maximum absolute atomic E-state index is 5.75. The second kappa shape index (κ2) is 3.49. The number of benzene rings is 1. The Morgan fingerprint density at radius 3 is 3.00 bits per heavy atom. The normalized spacial score (nSPS) is 9.92. The number of hydrogen-bond donors (Lipinski definition) is 0. The van der Waals surface area contributed by atoms with Crippen LogP contribution in [0.25, 0.3) is 0 Å². The minimum atomic E-state index is 0.210. The fourth-order valence-corrected chi connectivity index (χ4v) is 1.07. The van der Waals surface area contributed by atoms with Crippen LogP contribution in [0.4, 0.5) is 0 Å². The van der Waals surface area contributed by atoms with Crippen molar-refractivity contribution in [1.82, 2.24) is 4.98 Å². The van der Waals surface area contributed by atoms with Gasteiger partial charge in [-0.25, -0.2) is 0 Å². The van der Waals surface area contributed by atoms with E-state index in [1.165, 1.54) is 12.5 Å². The van der Waals surface area contributed by atoms with E-state index in [2.05, 4.69) is 4.98 Å². The van der Waals surface area contributed by atoms with Crippen LogP contribution in [-0.4, -0.2) is 4.98 Å². The molecule has 0 aliphatic heterocycles. The first-order chi connectivity index (χ1) is 6.34. The van der Waals surface area contributed by atoms with E-state index in [4.69, 9.17) is 20.8 Å². The average Bonchev–Trinajstić information content (AvgIpc) is 2.57. The number of halogens is 1. The maximum Gasteiger partial charge on any atom is 0.399 e. The zero-order valence-corrected chi connectivity index (χ0v) is 7.36. The minimum Gasteiger partial charge on any atom is -0.417 e. The molecule has 0 radical (unpaired) electrons. The summed E-state index contributed by atoms with van der Waals surface area (Å²) in [6.45, 7) is 0. The van der Waals surface area contributed by atoms with Crippen molar-refractivity contribution in [1.29, 1.82) is 0 Å². The topological polar surface area (TPSA) is 35.3 Å². The van der Waals surface area contributed by atoms with Gasteiger partial charge in [0.25, 0.3) is 0 Å². The fraction of sp³-hybridized carbons (Fsp3) is 0. The van der Waals surface area contributed by atoms with Gasteiger partial charge in [-0.05, 0) is 18.2 Å². The van der Waals surface area contributed by atoms with E-state index < -0.39 is 0 Å². The van der Waals surface area contributed by atoms with E-state index in [1.807, 2.05) is 0 Å². The van der Waals surface area contributed by atoms with Crippen LogP contribution in [0.2, 0.25) is 5.02 Å². The summed E-state index contributed by atoms with van der Waals surface area (Å²) in [5.41, 5.74) is 0. The van der Waals surface area contributed by atoms with Gasteiger partial charge in [-0.15, -0.1) is 0 Å². The number of ether oxygens (including phenoxy) is 1. The zero-order chi connectivity index (χ0) is 9.10. The third kappa shape index (κ3) is 2.00. The van der Waals surface area contributed by atoms with Crippen LogP contribution in [0.3, 0.4) is 0 Å². The maximum atomic E-state index is 5.75. The predicted molar refractivity (Wildman–Crippen MR) is 48.0 cm³/mol. The quantitative estimate of drug-likeness (QED) is 0.739. The lowest BCUT2D eigenvalue weighted by atomic mass is 10.3. The minimum absolute atomic E-state index is 0.210. The Bertz CT molecular complexity index is 386. The van der Waals surface area contributed by atoms with Gasteiger partial charge >= 0.3 is 6.08 Å². The van der Waals surface area contributed by atoms with Gasteiger partial charge in [0.15, 0.2) is 0 Å². The third-order valence-corrected chi connectivity index (χ3v) is 1.65. The first kappa shape index (κ1) is 8.13. The Labute approximate surface area is 79.9 Å². The highest BCUT2D eigenvalue weighted by Crippen LogP contribution is 2.22. The molecule has 1 heterocycles. The number of rotatable bonds is 2. The summed E-state index contributed by atoms with van der Waals surface area (Å²) < 4.78 is 10.1. The monoisotopic (exact) mass is 195 g/mol. The van der Waals surface area contributed by atoms with Crippen LogP contribution in [-0.2, 0) is 0 Å². The van der Waals surface area contributed by atoms with E-state index in [0.717, 1.165) is 0 Å². The molecule has 0 fully saturated rings. The number of oxazole rings is 1. The highest BCUT2D eigenvalue weighted by Gasteiger charge is 2.00. The highest BCUT2D eigenvalue weighted by atomic mass is 35.5. The Hall–Kier alpha value is -1.48. The molecule has 1 aromatic heterocycles. The number of aromatic nitrogens is 1. The lowest BCUT2D eigenvalue weighted by molar-refractivity contribution is 0.331. The zero-order valence-electron chi connectivity index (χ0n) is 6.61. The Kier molecular flexibility index (Phi) is 2.19. The summed E-state index contributed by atoms with van der Waals surface area (Å²) >= 11 is 5.75. The van der Waals surface area contributed by atoms with Gasteiger partial charge in [0.05, 0.1) is 6.20 Å². The van der Waals surface area contributed by atoms with Crippen molar-refractivity contribution in [2.24, 2.45) is 0 Å². The van der Waals surface area contributed by atoms with Gasteiger partial charge in [-0.3, -0.25) is 0 Å². The number of hydrogen-bond acceptors (Lipinski definition) is 3. The standard InChI is InChI=1S/C9H6ClNO2/c10-7-2-1-3-8(6-7)13-9-11-4-5-12-9/h1-6H. The summed E-state index contributed by atoms with van der Waals surface area (Å²) in [4.78, 5) is 3.81. The molecule has 1 aromatic carbocycles. The van der Waals surface area contributed by atoms with E-state index in [9.17, 15) is 0 Å². The molecule has 2 rings (SSSR count). The first-order valence-corrected chi connectivity index (χ1v) is 4.05. The highest BCUT2D eigenvalue weighted by molar-refractivity contribution is 6.30. The van der Waals surface area contributed by atoms with E-state index in [0.29, 0.717) is 10.8 Å². The molecule has 0 N–H and O–H groups in total. The van der Waals surface area contributed by atoms with Crippen molar-refractivity contribution >= 4 is 11.6 Å². The molecule has 2 aromatic rings. The molecule has 3 nitrogen and oxygen atoms in total. The summed E-state index contributed by atoms with van der Waals surface area (Å²) in [6.07, 6.45) is 3.17. The lowest BCUT2D eigenvalue weighted by Gasteiger charge is -1.99. The molecule has 0 atom stereocenters. The van der Waals surface area contributed by atoms with Gasteiger partial charge in [0, 0.05) is 5.02 Å². The molecular weight excluding hydrogens is 190 g/mol. The molecule has 13 heavy (non-hydrogen) atoms. The molecule has 0 bridgehead atoms. The number of nitrogens with zero attached hydrogens (tertiary/aromatic N) is 1. The molecule has 0 saturated heterocycles. The molecule has 0 saturated carbocycles. The molecule has 66 valence electrons. The molecule has 0 aliphatic carbocycles. The van der Waals surface area contributed by atoms with E-state index in [1.54, 1.807) is 24.3 Å². The third-order valence-electron chi connectivity index (χ3n) is 1.41. The largest absolute Gasteiger partial charge is 0.417 e. The second-order valence-corrected chi connectivity index (χ2v) is 2.79. The Morgan fingerprint density at radius 2 is 2.31 bits per heavy atom. The molecular formula is C9H6ClNO2. The van der Waals surface area contributed by atoms with Crippen LogP contribution in [0.1, 0.15) is 0 Å². The van der Waals surface area contributed by atoms with Crippen molar-refractivity contribution in [2.45, 2.75) is 0 Å². The van der Waals surface area contributed by atoms with Gasteiger partial charge in [-0.1, -0.05) is 17.7 Å². The summed E-state index contributed by atoms with van der Waals surface area (Å²) in [5.74, 6) is 0.606. The van der Waals surface area contributed by atoms with Crippen molar-refractivity contribution < 1.29 is 9.15 Å². The van der Waals surface area contributed by atoms with E-state index in [-0.39, 0.29) is 6.08 Å². The van der Waals surface area contributed by atoms with Crippen molar-refractivity contribution in [3.8, 4) is 11.8 Å². The Balaban J connectivity index is 2.19. The van der Waals surface area contributed by atoms with Crippen molar-refractivity contribution in [3.63, 3.8) is 0 Å². The van der Waals surface area contributed by atoms with Crippen LogP contribution >= 0.6 is 11.6 Å².